The van der Waals surface area contributed by atoms with Crippen LogP contribution in [0.2, 0.25) is 0 Å². The van der Waals surface area contributed by atoms with E-state index in [9.17, 15) is 4.79 Å². The lowest BCUT2D eigenvalue weighted by atomic mass is 10.1. The minimum absolute atomic E-state index is 0.111. The van der Waals surface area contributed by atoms with Crippen molar-refractivity contribution in [1.82, 2.24) is 14.5 Å². The number of imidazole rings is 1. The average molecular weight is 191 g/mol. The van der Waals surface area contributed by atoms with Crippen LogP contribution in [0, 0.1) is 6.92 Å². The topological polar surface area (TPSA) is 50.7 Å². The van der Waals surface area contributed by atoms with Gasteiger partial charge >= 0.3 is 5.69 Å². The summed E-state index contributed by atoms with van der Waals surface area (Å²) in [7, 11) is 1.72. The van der Waals surface area contributed by atoms with Crippen molar-refractivity contribution in [3.05, 3.63) is 27.8 Å². The normalized spacial score (nSPS) is 11.1. The molecule has 2 aromatic rings. The second-order valence-electron chi connectivity index (χ2n) is 3.45. The molecule has 0 saturated heterocycles. The number of pyridine rings is 1. The fourth-order valence-corrected chi connectivity index (χ4v) is 1.63. The molecule has 14 heavy (non-hydrogen) atoms. The zero-order chi connectivity index (χ0) is 10.3. The van der Waals surface area contributed by atoms with E-state index in [1.54, 1.807) is 7.05 Å². The number of aromatic amines is 1. The van der Waals surface area contributed by atoms with E-state index < -0.39 is 0 Å². The van der Waals surface area contributed by atoms with E-state index >= 15 is 0 Å². The lowest BCUT2D eigenvalue weighted by Gasteiger charge is -2.01. The molecule has 0 unspecified atom stereocenters. The Balaban J connectivity index is 2.86. The maximum absolute atomic E-state index is 11.3. The van der Waals surface area contributed by atoms with Crippen molar-refractivity contribution < 1.29 is 0 Å². The molecule has 2 heterocycles. The summed E-state index contributed by atoms with van der Waals surface area (Å²) in [6.07, 6.45) is 0.936. The van der Waals surface area contributed by atoms with Gasteiger partial charge in [0.25, 0.3) is 0 Å². The zero-order valence-corrected chi connectivity index (χ0v) is 8.59. The van der Waals surface area contributed by atoms with Crippen molar-refractivity contribution >= 4 is 11.2 Å². The number of hydrogen-bond donors (Lipinski definition) is 1. The molecule has 0 amide bonds. The minimum Gasteiger partial charge on any atom is -0.304 e. The third-order valence-electron chi connectivity index (χ3n) is 2.54. The van der Waals surface area contributed by atoms with Crippen LogP contribution in [0.25, 0.3) is 11.2 Å². The number of rotatable bonds is 1. The molecule has 2 aromatic heterocycles. The van der Waals surface area contributed by atoms with Gasteiger partial charge in [0.2, 0.25) is 0 Å². The maximum Gasteiger partial charge on any atom is 0.327 e. The molecule has 4 heteroatoms. The van der Waals surface area contributed by atoms with Crippen molar-refractivity contribution in [2.24, 2.45) is 7.05 Å². The summed E-state index contributed by atoms with van der Waals surface area (Å²) in [5.41, 5.74) is 3.61. The molecule has 74 valence electrons. The van der Waals surface area contributed by atoms with Gasteiger partial charge in [-0.25, -0.2) is 9.78 Å². The number of aromatic nitrogens is 3. The Morgan fingerprint density at radius 1 is 1.57 bits per heavy atom. The Hall–Kier alpha value is -1.58. The molecule has 0 saturated carbocycles. The van der Waals surface area contributed by atoms with Gasteiger partial charge in [-0.05, 0) is 25.0 Å². The first-order valence-corrected chi connectivity index (χ1v) is 4.68. The van der Waals surface area contributed by atoms with Crippen LogP contribution in [0.5, 0.6) is 0 Å². The SMILES string of the molecule is CCc1cc2[nH]c(=O)n(C)c2nc1C. The van der Waals surface area contributed by atoms with Crippen LogP contribution in [0.3, 0.4) is 0 Å². The first-order valence-electron chi connectivity index (χ1n) is 4.68. The van der Waals surface area contributed by atoms with Gasteiger partial charge in [0, 0.05) is 12.7 Å². The van der Waals surface area contributed by atoms with Crippen molar-refractivity contribution in [3.63, 3.8) is 0 Å². The Morgan fingerprint density at radius 2 is 2.29 bits per heavy atom. The molecular formula is C10H13N3O. The molecule has 1 N–H and O–H groups in total. The minimum atomic E-state index is -0.111. The molecule has 0 radical (unpaired) electrons. The van der Waals surface area contributed by atoms with Crippen molar-refractivity contribution in [1.29, 1.82) is 0 Å². The highest BCUT2D eigenvalue weighted by Gasteiger charge is 2.07. The number of nitrogens with zero attached hydrogens (tertiary/aromatic N) is 2. The maximum atomic E-state index is 11.3. The number of H-pyrrole nitrogens is 1. The van der Waals surface area contributed by atoms with Crippen LogP contribution in [-0.2, 0) is 13.5 Å². The summed E-state index contributed by atoms with van der Waals surface area (Å²) in [4.78, 5) is 18.5. The van der Waals surface area contributed by atoms with Gasteiger partial charge in [-0.3, -0.25) is 4.57 Å². The predicted molar refractivity (Wildman–Crippen MR) is 55.4 cm³/mol. The molecule has 0 aliphatic carbocycles. The average Bonchev–Trinajstić information content (AvgIpc) is 2.43. The van der Waals surface area contributed by atoms with Crippen LogP contribution in [0.15, 0.2) is 10.9 Å². The van der Waals surface area contributed by atoms with Gasteiger partial charge in [-0.15, -0.1) is 0 Å². The van der Waals surface area contributed by atoms with E-state index in [1.165, 1.54) is 10.1 Å². The number of nitrogens with one attached hydrogen (secondary N) is 1. The summed E-state index contributed by atoms with van der Waals surface area (Å²) < 4.78 is 1.53. The largest absolute Gasteiger partial charge is 0.327 e. The standard InChI is InChI=1S/C10H13N3O/c1-4-7-5-8-9(11-6(7)2)13(3)10(14)12-8/h5H,4H2,1-3H3,(H,12,14). The predicted octanol–water partition coefficient (Wildman–Crippen LogP) is 1.13. The van der Waals surface area contributed by atoms with Gasteiger partial charge in [-0.1, -0.05) is 6.92 Å². The van der Waals surface area contributed by atoms with E-state index in [0.717, 1.165) is 23.3 Å². The quantitative estimate of drug-likeness (QED) is 0.734. The Kier molecular flexibility index (Phi) is 1.91. The molecule has 0 aliphatic rings. The molecule has 0 spiro atoms. The monoisotopic (exact) mass is 191 g/mol. The highest BCUT2D eigenvalue weighted by atomic mass is 16.1. The lowest BCUT2D eigenvalue weighted by molar-refractivity contribution is 0.875. The molecule has 0 aliphatic heterocycles. The van der Waals surface area contributed by atoms with Crippen molar-refractivity contribution in [2.45, 2.75) is 20.3 Å². The van der Waals surface area contributed by atoms with Gasteiger partial charge < -0.3 is 4.98 Å². The van der Waals surface area contributed by atoms with Crippen LogP contribution in [0.1, 0.15) is 18.2 Å². The van der Waals surface area contributed by atoms with E-state index in [4.69, 9.17) is 0 Å². The van der Waals surface area contributed by atoms with E-state index in [0.29, 0.717) is 0 Å². The van der Waals surface area contributed by atoms with Crippen LogP contribution < -0.4 is 5.69 Å². The van der Waals surface area contributed by atoms with Crippen molar-refractivity contribution in [2.75, 3.05) is 0 Å². The summed E-state index contributed by atoms with van der Waals surface area (Å²) in [5.74, 6) is 0. The fourth-order valence-electron chi connectivity index (χ4n) is 1.63. The zero-order valence-electron chi connectivity index (χ0n) is 8.59. The first-order chi connectivity index (χ1) is 6.63. The number of hydrogen-bond acceptors (Lipinski definition) is 2. The highest BCUT2D eigenvalue weighted by Crippen LogP contribution is 2.13. The number of fused-ring (bicyclic) bond motifs is 1. The van der Waals surface area contributed by atoms with Gasteiger partial charge in [-0.2, -0.15) is 0 Å². The van der Waals surface area contributed by atoms with E-state index in [1.807, 2.05) is 13.0 Å². The smallest absolute Gasteiger partial charge is 0.304 e. The number of aryl methyl sites for hydroxylation is 3. The Morgan fingerprint density at radius 3 is 2.93 bits per heavy atom. The molecule has 4 nitrogen and oxygen atoms in total. The highest BCUT2D eigenvalue weighted by molar-refractivity contribution is 5.71. The second kappa shape index (κ2) is 2.97. The van der Waals surface area contributed by atoms with Crippen LogP contribution in [0.4, 0.5) is 0 Å². The summed E-state index contributed by atoms with van der Waals surface area (Å²) in [6.45, 7) is 4.05. The fraction of sp³-hybridized carbons (Fsp3) is 0.400. The third kappa shape index (κ3) is 1.14. The summed E-state index contributed by atoms with van der Waals surface area (Å²) in [5, 5.41) is 0. The van der Waals surface area contributed by atoms with Gasteiger partial charge in [0.15, 0.2) is 5.65 Å². The van der Waals surface area contributed by atoms with E-state index in [2.05, 4.69) is 16.9 Å². The van der Waals surface area contributed by atoms with Gasteiger partial charge in [0.05, 0.1) is 5.52 Å². The third-order valence-corrected chi connectivity index (χ3v) is 2.54. The van der Waals surface area contributed by atoms with Gasteiger partial charge in [0.1, 0.15) is 0 Å². The summed E-state index contributed by atoms with van der Waals surface area (Å²) in [6, 6.07) is 2.00. The second-order valence-corrected chi connectivity index (χ2v) is 3.45. The lowest BCUT2D eigenvalue weighted by Crippen LogP contribution is -2.12. The molecular weight excluding hydrogens is 178 g/mol. The van der Waals surface area contributed by atoms with Crippen molar-refractivity contribution in [3.8, 4) is 0 Å². The Labute approximate surface area is 81.6 Å². The Bertz CT molecular complexity index is 536. The molecule has 2 rings (SSSR count). The molecule has 0 atom stereocenters. The molecule has 0 bridgehead atoms. The first kappa shape index (κ1) is 8.99. The van der Waals surface area contributed by atoms with Crippen LogP contribution >= 0.6 is 0 Å². The molecule has 0 fully saturated rings. The van der Waals surface area contributed by atoms with E-state index in [-0.39, 0.29) is 5.69 Å². The summed E-state index contributed by atoms with van der Waals surface area (Å²) >= 11 is 0. The molecule has 0 aromatic carbocycles. The van der Waals surface area contributed by atoms with Crippen LogP contribution in [-0.4, -0.2) is 14.5 Å².